The predicted octanol–water partition coefficient (Wildman–Crippen LogP) is -0.517. The van der Waals surface area contributed by atoms with Gasteiger partial charge >= 0.3 is 11.4 Å². The molecule has 1 aliphatic carbocycles. The molecule has 1 heterocycles. The van der Waals surface area contributed by atoms with Crippen LogP contribution >= 0.6 is 0 Å². The van der Waals surface area contributed by atoms with Crippen LogP contribution in [0.3, 0.4) is 0 Å². The third-order valence-electron chi connectivity index (χ3n) is 3.32. The van der Waals surface area contributed by atoms with Crippen molar-refractivity contribution in [2.45, 2.75) is 37.6 Å². The van der Waals surface area contributed by atoms with Gasteiger partial charge in [0.1, 0.15) is 0 Å². The van der Waals surface area contributed by atoms with Crippen LogP contribution < -0.4 is 17.1 Å². The minimum absolute atomic E-state index is 0.341. The molecule has 1 aromatic heterocycles. The number of aromatic amines is 2. The molecule has 4 N–H and O–H groups in total. The van der Waals surface area contributed by atoms with E-state index in [0.29, 0.717) is 6.54 Å². The van der Waals surface area contributed by atoms with Crippen LogP contribution in [0.2, 0.25) is 0 Å². The second-order valence-corrected chi connectivity index (χ2v) is 4.18. The fraction of sp³-hybridized carbons (Fsp3) is 0.778. The summed E-state index contributed by atoms with van der Waals surface area (Å²) in [6, 6.07) is 0. The van der Waals surface area contributed by atoms with Crippen LogP contribution in [0.4, 0.5) is 0 Å². The number of hydrogen-bond donors (Lipinski definition) is 3. The first-order valence-electron chi connectivity index (χ1n) is 5.30. The molecule has 1 aliphatic rings. The highest BCUT2D eigenvalue weighted by atomic mass is 16.2. The highest BCUT2D eigenvalue weighted by Crippen LogP contribution is 2.31. The van der Waals surface area contributed by atoms with Crippen LogP contribution in [-0.4, -0.2) is 21.3 Å². The zero-order chi connectivity index (χ0) is 10.9. The summed E-state index contributed by atoms with van der Waals surface area (Å²) in [6.45, 7) is 0.341. The van der Waals surface area contributed by atoms with Crippen LogP contribution in [0, 0.1) is 0 Å². The Morgan fingerprint density at radius 2 is 1.67 bits per heavy atom. The molecular formula is C9H16N4O2. The number of nitrogens with two attached hydrogens (primary N) is 1. The van der Waals surface area contributed by atoms with Crippen molar-refractivity contribution in [3.05, 3.63) is 21.0 Å². The lowest BCUT2D eigenvalue weighted by Crippen LogP contribution is -2.51. The number of H-pyrrole nitrogens is 2. The monoisotopic (exact) mass is 212 g/mol. The summed E-state index contributed by atoms with van der Waals surface area (Å²) in [7, 11) is 0. The zero-order valence-electron chi connectivity index (χ0n) is 8.58. The molecular weight excluding hydrogens is 196 g/mol. The van der Waals surface area contributed by atoms with E-state index in [0.717, 1.165) is 32.1 Å². The Bertz CT molecular complexity index is 408. The average Bonchev–Trinajstić information content (AvgIpc) is 2.60. The molecule has 0 amide bonds. The van der Waals surface area contributed by atoms with Gasteiger partial charge in [-0.05, 0) is 12.8 Å². The van der Waals surface area contributed by atoms with Crippen LogP contribution in [0.5, 0.6) is 0 Å². The molecule has 0 aliphatic heterocycles. The van der Waals surface area contributed by atoms with Crippen molar-refractivity contribution in [1.82, 2.24) is 14.8 Å². The lowest BCUT2D eigenvalue weighted by molar-refractivity contribution is 0.191. The molecule has 84 valence electrons. The maximum atomic E-state index is 11.5. The van der Waals surface area contributed by atoms with Gasteiger partial charge in [0.2, 0.25) is 0 Å². The van der Waals surface area contributed by atoms with Gasteiger partial charge in [0.05, 0.1) is 5.54 Å². The third-order valence-corrected chi connectivity index (χ3v) is 3.32. The largest absolute Gasteiger partial charge is 0.344 e. The van der Waals surface area contributed by atoms with Gasteiger partial charge in [0.25, 0.3) is 0 Å². The predicted molar refractivity (Wildman–Crippen MR) is 55.8 cm³/mol. The molecule has 1 saturated carbocycles. The summed E-state index contributed by atoms with van der Waals surface area (Å²) in [5, 5.41) is 4.62. The summed E-state index contributed by atoms with van der Waals surface area (Å²) in [5.41, 5.74) is 4.51. The Kier molecular flexibility index (Phi) is 2.52. The third kappa shape index (κ3) is 1.54. The molecule has 6 heteroatoms. The number of hydrogen-bond acceptors (Lipinski definition) is 3. The maximum absolute atomic E-state index is 11.5. The molecule has 0 bridgehead atoms. The van der Waals surface area contributed by atoms with E-state index in [-0.39, 0.29) is 11.4 Å². The minimum Gasteiger partial charge on any atom is -0.328 e. The van der Waals surface area contributed by atoms with Gasteiger partial charge in [0.15, 0.2) is 0 Å². The molecule has 1 aromatic rings. The maximum Gasteiger partial charge on any atom is 0.344 e. The van der Waals surface area contributed by atoms with Gasteiger partial charge in [-0.1, -0.05) is 19.3 Å². The second kappa shape index (κ2) is 3.69. The number of nitrogens with zero attached hydrogens (tertiary/aromatic N) is 1. The van der Waals surface area contributed by atoms with E-state index in [1.165, 1.54) is 4.57 Å². The molecule has 0 spiro atoms. The zero-order valence-corrected chi connectivity index (χ0v) is 8.58. The fourth-order valence-electron chi connectivity index (χ4n) is 2.47. The van der Waals surface area contributed by atoms with E-state index < -0.39 is 5.54 Å². The molecule has 0 aromatic carbocycles. The highest BCUT2D eigenvalue weighted by Gasteiger charge is 2.35. The van der Waals surface area contributed by atoms with Crippen molar-refractivity contribution in [3.63, 3.8) is 0 Å². The lowest BCUT2D eigenvalue weighted by Gasteiger charge is -2.35. The van der Waals surface area contributed by atoms with E-state index in [1.807, 2.05) is 0 Å². The minimum atomic E-state index is -0.469. The second-order valence-electron chi connectivity index (χ2n) is 4.18. The van der Waals surface area contributed by atoms with Crippen LogP contribution in [-0.2, 0) is 5.54 Å². The summed E-state index contributed by atoms with van der Waals surface area (Å²) in [4.78, 5) is 23.0. The van der Waals surface area contributed by atoms with Crippen LogP contribution in [0.15, 0.2) is 9.59 Å². The molecule has 0 unspecified atom stereocenters. The first kappa shape index (κ1) is 10.2. The molecule has 1 fully saturated rings. The normalized spacial score (nSPS) is 20.3. The van der Waals surface area contributed by atoms with Gasteiger partial charge < -0.3 is 5.73 Å². The van der Waals surface area contributed by atoms with Crippen molar-refractivity contribution < 1.29 is 0 Å². The first-order valence-corrected chi connectivity index (χ1v) is 5.30. The quantitative estimate of drug-likeness (QED) is 0.615. The summed E-state index contributed by atoms with van der Waals surface area (Å²) >= 11 is 0. The van der Waals surface area contributed by atoms with Crippen molar-refractivity contribution in [2.75, 3.05) is 6.54 Å². The fourth-order valence-corrected chi connectivity index (χ4v) is 2.47. The van der Waals surface area contributed by atoms with Gasteiger partial charge in [-0.15, -0.1) is 0 Å². The number of nitrogens with one attached hydrogen (secondary N) is 2. The van der Waals surface area contributed by atoms with Gasteiger partial charge in [0, 0.05) is 6.54 Å². The van der Waals surface area contributed by atoms with Gasteiger partial charge in [-0.25, -0.2) is 24.4 Å². The Morgan fingerprint density at radius 3 is 2.13 bits per heavy atom. The van der Waals surface area contributed by atoms with E-state index in [9.17, 15) is 9.59 Å². The molecule has 0 atom stereocenters. The van der Waals surface area contributed by atoms with Crippen molar-refractivity contribution in [1.29, 1.82) is 0 Å². The Labute approximate surface area is 86.5 Å². The summed E-state index contributed by atoms with van der Waals surface area (Å²) < 4.78 is 1.26. The summed E-state index contributed by atoms with van der Waals surface area (Å²) in [5.74, 6) is 0. The topological polar surface area (TPSA) is 96.7 Å². The SMILES string of the molecule is NCC1(n2c(=O)[nH][nH]c2=O)CCCCC1. The van der Waals surface area contributed by atoms with E-state index in [2.05, 4.69) is 10.2 Å². The number of rotatable bonds is 2. The van der Waals surface area contributed by atoms with Gasteiger partial charge in [-0.2, -0.15) is 0 Å². The van der Waals surface area contributed by atoms with Crippen LogP contribution in [0.1, 0.15) is 32.1 Å². The molecule has 0 radical (unpaired) electrons. The average molecular weight is 212 g/mol. The Hall–Kier alpha value is -1.30. The molecule has 0 saturated heterocycles. The first-order chi connectivity index (χ1) is 7.19. The Morgan fingerprint density at radius 1 is 1.13 bits per heavy atom. The lowest BCUT2D eigenvalue weighted by atomic mass is 9.81. The van der Waals surface area contributed by atoms with E-state index in [4.69, 9.17) is 5.73 Å². The summed E-state index contributed by atoms with van der Waals surface area (Å²) in [6.07, 6.45) is 4.82. The van der Waals surface area contributed by atoms with Crippen molar-refractivity contribution >= 4 is 0 Å². The number of aromatic nitrogens is 3. The van der Waals surface area contributed by atoms with E-state index >= 15 is 0 Å². The molecule has 6 nitrogen and oxygen atoms in total. The molecule has 15 heavy (non-hydrogen) atoms. The van der Waals surface area contributed by atoms with Crippen LogP contribution in [0.25, 0.3) is 0 Å². The standard InChI is InChI=1S/C9H16N4O2/c10-6-9(4-2-1-3-5-9)13-7(14)11-12-8(13)15/h1-6,10H2,(H,11,14)(H,12,15). The van der Waals surface area contributed by atoms with Crippen molar-refractivity contribution in [2.24, 2.45) is 5.73 Å². The Balaban J connectivity index is 2.50. The highest BCUT2D eigenvalue weighted by molar-refractivity contribution is 4.92. The van der Waals surface area contributed by atoms with Gasteiger partial charge in [-0.3, -0.25) is 0 Å². The van der Waals surface area contributed by atoms with E-state index in [1.54, 1.807) is 0 Å². The molecule has 2 rings (SSSR count). The smallest absolute Gasteiger partial charge is 0.328 e. The van der Waals surface area contributed by atoms with Crippen molar-refractivity contribution in [3.8, 4) is 0 Å².